The lowest BCUT2D eigenvalue weighted by atomic mass is 10.0. The summed E-state index contributed by atoms with van der Waals surface area (Å²) in [6, 6.07) is 15.0. The second kappa shape index (κ2) is 7.48. The molecule has 0 amide bonds. The van der Waals surface area contributed by atoms with Crippen molar-refractivity contribution in [2.75, 3.05) is 12.3 Å². The molecule has 0 unspecified atom stereocenters. The highest BCUT2D eigenvalue weighted by Crippen LogP contribution is 2.15. The van der Waals surface area contributed by atoms with Gasteiger partial charge >= 0.3 is 0 Å². The zero-order chi connectivity index (χ0) is 15.1. The number of carbonyl (C=O) groups is 1. The number of ketones is 1. The molecule has 0 bridgehead atoms. The number of rotatable bonds is 7. The molecule has 2 aromatic rings. The molecule has 0 aromatic heterocycles. The van der Waals surface area contributed by atoms with Crippen molar-refractivity contribution < 1.29 is 9.53 Å². The van der Waals surface area contributed by atoms with Gasteiger partial charge in [-0.05, 0) is 54.8 Å². The van der Waals surface area contributed by atoms with Crippen LogP contribution in [0.3, 0.4) is 0 Å². The fourth-order valence-corrected chi connectivity index (χ4v) is 2.11. The SMILES string of the molecule is CCCOc1ccc(C(=O)CCc2cccc(N)c2)cc1. The van der Waals surface area contributed by atoms with Gasteiger partial charge in [-0.2, -0.15) is 0 Å². The standard InChI is InChI=1S/C18H21NO2/c1-2-12-21-17-9-7-15(8-10-17)18(20)11-6-14-4-3-5-16(19)13-14/h3-5,7-10,13H,2,6,11-12,19H2,1H3. The summed E-state index contributed by atoms with van der Waals surface area (Å²) in [7, 11) is 0. The maximum Gasteiger partial charge on any atom is 0.163 e. The highest BCUT2D eigenvalue weighted by molar-refractivity contribution is 5.96. The monoisotopic (exact) mass is 283 g/mol. The van der Waals surface area contributed by atoms with Crippen LogP contribution in [-0.2, 0) is 6.42 Å². The number of ether oxygens (including phenoxy) is 1. The van der Waals surface area contributed by atoms with E-state index < -0.39 is 0 Å². The summed E-state index contributed by atoms with van der Waals surface area (Å²) in [6.45, 7) is 2.76. The maximum atomic E-state index is 12.2. The first-order valence-corrected chi connectivity index (χ1v) is 7.29. The smallest absolute Gasteiger partial charge is 0.163 e. The quantitative estimate of drug-likeness (QED) is 0.620. The van der Waals surface area contributed by atoms with Crippen molar-refractivity contribution in [2.45, 2.75) is 26.2 Å². The van der Waals surface area contributed by atoms with Gasteiger partial charge in [-0.25, -0.2) is 0 Å². The molecule has 21 heavy (non-hydrogen) atoms. The summed E-state index contributed by atoms with van der Waals surface area (Å²) < 4.78 is 5.51. The number of benzene rings is 2. The number of carbonyl (C=O) groups excluding carboxylic acids is 1. The van der Waals surface area contributed by atoms with Crippen molar-refractivity contribution in [1.29, 1.82) is 0 Å². The number of Topliss-reactive ketones (excluding diaryl/α,β-unsaturated/α-hetero) is 1. The Balaban J connectivity index is 1.91. The molecule has 2 aromatic carbocycles. The molecule has 0 aliphatic rings. The Hall–Kier alpha value is -2.29. The predicted molar refractivity (Wildman–Crippen MR) is 85.7 cm³/mol. The Morgan fingerprint density at radius 3 is 2.57 bits per heavy atom. The van der Waals surface area contributed by atoms with Gasteiger partial charge in [0, 0.05) is 17.7 Å². The van der Waals surface area contributed by atoms with Gasteiger partial charge < -0.3 is 10.5 Å². The van der Waals surface area contributed by atoms with Gasteiger partial charge in [-0.15, -0.1) is 0 Å². The topological polar surface area (TPSA) is 52.3 Å². The highest BCUT2D eigenvalue weighted by Gasteiger charge is 2.06. The lowest BCUT2D eigenvalue weighted by molar-refractivity contribution is 0.0983. The molecule has 3 heteroatoms. The van der Waals surface area contributed by atoms with Crippen molar-refractivity contribution in [3.05, 3.63) is 59.7 Å². The number of nitrogen functional groups attached to an aromatic ring is 1. The minimum absolute atomic E-state index is 0.138. The predicted octanol–water partition coefficient (Wildman–Crippen LogP) is 3.87. The van der Waals surface area contributed by atoms with Gasteiger partial charge in [0.25, 0.3) is 0 Å². The third kappa shape index (κ3) is 4.63. The van der Waals surface area contributed by atoms with Crippen LogP contribution in [0.1, 0.15) is 35.7 Å². The van der Waals surface area contributed by atoms with Gasteiger partial charge in [0.2, 0.25) is 0 Å². The van der Waals surface area contributed by atoms with Crippen LogP contribution >= 0.6 is 0 Å². The summed E-state index contributed by atoms with van der Waals surface area (Å²) in [5.74, 6) is 0.948. The van der Waals surface area contributed by atoms with E-state index in [4.69, 9.17) is 10.5 Å². The third-order valence-electron chi connectivity index (χ3n) is 3.24. The molecule has 2 rings (SSSR count). The van der Waals surface area contributed by atoms with Crippen LogP contribution in [0.15, 0.2) is 48.5 Å². The van der Waals surface area contributed by atoms with Gasteiger partial charge in [0.05, 0.1) is 6.61 Å². The molecule has 110 valence electrons. The lowest BCUT2D eigenvalue weighted by Crippen LogP contribution is -2.02. The Bertz CT molecular complexity index is 590. The molecule has 0 aliphatic heterocycles. The molecule has 0 atom stereocenters. The van der Waals surface area contributed by atoms with Gasteiger partial charge in [0.15, 0.2) is 5.78 Å². The van der Waals surface area contributed by atoms with Crippen LogP contribution in [0.4, 0.5) is 5.69 Å². The number of anilines is 1. The summed E-state index contributed by atoms with van der Waals surface area (Å²) >= 11 is 0. The van der Waals surface area contributed by atoms with Crippen molar-refractivity contribution in [3.63, 3.8) is 0 Å². The number of hydrogen-bond donors (Lipinski definition) is 1. The largest absolute Gasteiger partial charge is 0.494 e. The van der Waals surface area contributed by atoms with E-state index in [9.17, 15) is 4.79 Å². The van der Waals surface area contributed by atoms with E-state index in [1.807, 2.05) is 48.5 Å². The second-order valence-electron chi connectivity index (χ2n) is 5.04. The van der Waals surface area contributed by atoms with Crippen LogP contribution in [0, 0.1) is 0 Å². The molecule has 0 spiro atoms. The van der Waals surface area contributed by atoms with Crippen molar-refractivity contribution in [1.82, 2.24) is 0 Å². The van der Waals surface area contributed by atoms with E-state index in [-0.39, 0.29) is 5.78 Å². The minimum Gasteiger partial charge on any atom is -0.494 e. The normalized spacial score (nSPS) is 10.3. The molecule has 3 nitrogen and oxygen atoms in total. The summed E-state index contributed by atoms with van der Waals surface area (Å²) in [4.78, 5) is 12.2. The Kier molecular flexibility index (Phi) is 5.38. The van der Waals surface area contributed by atoms with Gasteiger partial charge in [-0.3, -0.25) is 4.79 Å². The van der Waals surface area contributed by atoms with Crippen LogP contribution in [0.25, 0.3) is 0 Å². The number of nitrogens with two attached hydrogens (primary N) is 1. The Morgan fingerprint density at radius 1 is 1.14 bits per heavy atom. The van der Waals surface area contributed by atoms with Crippen molar-refractivity contribution in [2.24, 2.45) is 0 Å². The van der Waals surface area contributed by atoms with Crippen LogP contribution in [0.2, 0.25) is 0 Å². The summed E-state index contributed by atoms with van der Waals surface area (Å²) in [5.41, 5.74) is 8.28. The fourth-order valence-electron chi connectivity index (χ4n) is 2.11. The number of aryl methyl sites for hydroxylation is 1. The van der Waals surface area contributed by atoms with E-state index >= 15 is 0 Å². The van der Waals surface area contributed by atoms with Crippen LogP contribution in [-0.4, -0.2) is 12.4 Å². The molecular weight excluding hydrogens is 262 g/mol. The van der Waals surface area contributed by atoms with Crippen LogP contribution in [0.5, 0.6) is 5.75 Å². The summed E-state index contributed by atoms with van der Waals surface area (Å²) in [5, 5.41) is 0. The van der Waals surface area contributed by atoms with Crippen LogP contribution < -0.4 is 10.5 Å². The first-order chi connectivity index (χ1) is 10.2. The summed E-state index contributed by atoms with van der Waals surface area (Å²) in [6.07, 6.45) is 2.16. The van der Waals surface area contributed by atoms with Gasteiger partial charge in [0.1, 0.15) is 5.75 Å². The maximum absolute atomic E-state index is 12.2. The van der Waals surface area contributed by atoms with E-state index in [2.05, 4.69) is 6.92 Å². The zero-order valence-corrected chi connectivity index (χ0v) is 12.3. The number of hydrogen-bond acceptors (Lipinski definition) is 3. The van der Waals surface area contributed by atoms with E-state index in [0.29, 0.717) is 19.4 Å². The molecule has 0 aliphatic carbocycles. The van der Waals surface area contributed by atoms with Gasteiger partial charge in [-0.1, -0.05) is 19.1 Å². The minimum atomic E-state index is 0.138. The first kappa shape index (κ1) is 15.1. The molecule has 0 radical (unpaired) electrons. The fraction of sp³-hybridized carbons (Fsp3) is 0.278. The first-order valence-electron chi connectivity index (χ1n) is 7.29. The van der Waals surface area contributed by atoms with Crippen molar-refractivity contribution >= 4 is 11.5 Å². The lowest BCUT2D eigenvalue weighted by Gasteiger charge is -2.06. The van der Waals surface area contributed by atoms with E-state index in [0.717, 1.165) is 29.0 Å². The molecule has 0 saturated heterocycles. The Morgan fingerprint density at radius 2 is 1.90 bits per heavy atom. The Labute approximate surface area is 125 Å². The van der Waals surface area contributed by atoms with E-state index in [1.54, 1.807) is 0 Å². The molecule has 0 heterocycles. The van der Waals surface area contributed by atoms with Crippen molar-refractivity contribution in [3.8, 4) is 5.75 Å². The zero-order valence-electron chi connectivity index (χ0n) is 12.3. The average Bonchev–Trinajstić information content (AvgIpc) is 2.51. The molecule has 0 fully saturated rings. The highest BCUT2D eigenvalue weighted by atomic mass is 16.5. The third-order valence-corrected chi connectivity index (χ3v) is 3.24. The van der Waals surface area contributed by atoms with E-state index in [1.165, 1.54) is 0 Å². The second-order valence-corrected chi connectivity index (χ2v) is 5.04. The molecular formula is C18H21NO2. The average molecular weight is 283 g/mol. The molecule has 2 N–H and O–H groups in total. The molecule has 0 saturated carbocycles.